The molecule has 1 fully saturated rings. The number of aryl methyl sites for hydroxylation is 1. The zero-order valence-electron chi connectivity index (χ0n) is 17.6. The van der Waals surface area contributed by atoms with Crippen molar-refractivity contribution in [1.29, 1.82) is 0 Å². The van der Waals surface area contributed by atoms with Crippen LogP contribution >= 0.6 is 11.8 Å². The molecular formula is C25H28N2O2S. The number of hydrogen-bond donors (Lipinski definition) is 1. The normalized spacial score (nSPS) is 22.7. The van der Waals surface area contributed by atoms with Crippen LogP contribution in [0.25, 0.3) is 0 Å². The molecule has 156 valence electrons. The molecule has 4 rings (SSSR count). The van der Waals surface area contributed by atoms with Crippen molar-refractivity contribution in [3.8, 4) is 0 Å². The van der Waals surface area contributed by atoms with Gasteiger partial charge in [0.25, 0.3) is 5.91 Å². The number of fused-ring (bicyclic) bond motifs is 1. The van der Waals surface area contributed by atoms with Gasteiger partial charge in [0.2, 0.25) is 5.91 Å². The van der Waals surface area contributed by atoms with Gasteiger partial charge in [-0.1, -0.05) is 67.9 Å². The molecule has 4 nitrogen and oxygen atoms in total. The number of rotatable bonds is 4. The van der Waals surface area contributed by atoms with Crippen LogP contribution in [0, 0.1) is 12.8 Å². The molecule has 2 aromatic carbocycles. The predicted octanol–water partition coefficient (Wildman–Crippen LogP) is 5.21. The molecule has 0 spiro atoms. The Hall–Kier alpha value is -2.53. The first-order valence-corrected chi connectivity index (χ1v) is 11.5. The van der Waals surface area contributed by atoms with E-state index in [2.05, 4.69) is 25.2 Å². The van der Waals surface area contributed by atoms with Gasteiger partial charge in [-0.15, -0.1) is 0 Å². The summed E-state index contributed by atoms with van der Waals surface area (Å²) in [5.74, 6) is 0.197. The molecule has 0 radical (unpaired) electrons. The first-order chi connectivity index (χ1) is 14.5. The number of carbonyl (C=O) groups is 2. The van der Waals surface area contributed by atoms with Gasteiger partial charge < -0.3 is 10.2 Å². The molecule has 1 heterocycles. The maximum atomic E-state index is 13.4. The van der Waals surface area contributed by atoms with Gasteiger partial charge in [-0.25, -0.2) is 0 Å². The minimum Gasteiger partial charge on any atom is -0.350 e. The van der Waals surface area contributed by atoms with E-state index < -0.39 is 0 Å². The number of carbonyl (C=O) groups excluding carboxylic acids is 2. The minimum atomic E-state index is -0.167. The quantitative estimate of drug-likeness (QED) is 0.691. The number of amides is 2. The third kappa shape index (κ3) is 4.46. The lowest BCUT2D eigenvalue weighted by Gasteiger charge is -2.31. The van der Waals surface area contributed by atoms with Gasteiger partial charge in [0.15, 0.2) is 0 Å². The summed E-state index contributed by atoms with van der Waals surface area (Å²) in [6.45, 7) is 4.74. The average Bonchev–Trinajstić information content (AvgIpc) is 2.74. The number of hydrogen-bond acceptors (Lipinski definition) is 3. The Labute approximate surface area is 182 Å². The van der Waals surface area contributed by atoms with Crippen LogP contribution in [0.15, 0.2) is 64.4 Å². The minimum absolute atomic E-state index is 0.117. The second-order valence-corrected chi connectivity index (χ2v) is 9.36. The highest BCUT2D eigenvalue weighted by Gasteiger charge is 2.30. The molecule has 2 atom stereocenters. The number of nitrogens with zero attached hydrogens (tertiary/aromatic N) is 1. The summed E-state index contributed by atoms with van der Waals surface area (Å²) in [4.78, 5) is 29.3. The van der Waals surface area contributed by atoms with Gasteiger partial charge in [-0.3, -0.25) is 9.59 Å². The van der Waals surface area contributed by atoms with E-state index in [1.54, 1.807) is 4.90 Å². The van der Waals surface area contributed by atoms with Crippen molar-refractivity contribution in [1.82, 2.24) is 5.32 Å². The Morgan fingerprint density at radius 2 is 1.87 bits per heavy atom. The number of thioether (sulfide) groups is 1. The molecule has 2 amide bonds. The molecule has 2 aliphatic rings. The van der Waals surface area contributed by atoms with Gasteiger partial charge in [-0.05, 0) is 48.9 Å². The monoisotopic (exact) mass is 420 g/mol. The summed E-state index contributed by atoms with van der Waals surface area (Å²) >= 11 is 1.38. The number of benzene rings is 2. The Balaban J connectivity index is 1.59. The van der Waals surface area contributed by atoms with Gasteiger partial charge in [0, 0.05) is 17.0 Å². The number of anilines is 1. The molecule has 0 bridgehead atoms. The van der Waals surface area contributed by atoms with Gasteiger partial charge in [0.1, 0.15) is 0 Å². The number of para-hydroxylation sites is 1. The van der Waals surface area contributed by atoms with E-state index in [0.717, 1.165) is 41.0 Å². The summed E-state index contributed by atoms with van der Waals surface area (Å²) in [6, 6.07) is 16.2. The van der Waals surface area contributed by atoms with E-state index in [-0.39, 0.29) is 17.9 Å². The Bertz CT molecular complexity index is 985. The molecule has 1 N–H and O–H groups in total. The lowest BCUT2D eigenvalue weighted by molar-refractivity contribution is -0.119. The zero-order valence-corrected chi connectivity index (χ0v) is 18.4. The standard InChI is InChI=1S/C25H28N2O2S/c1-17-9-3-5-11-19(17)16-27-21-13-7-8-14-22(21)30-23(25(27)29)15-24(28)26-20-12-6-4-10-18(20)2/h3,5,7-9,11,13-15,18,20H,4,6,10,12,16H2,1-2H3,(H,26,28)/b23-15-. The van der Waals surface area contributed by atoms with E-state index in [4.69, 9.17) is 0 Å². The van der Waals surface area contributed by atoms with Gasteiger partial charge >= 0.3 is 0 Å². The molecule has 0 aromatic heterocycles. The second kappa shape index (κ2) is 9.09. The molecule has 1 aliphatic carbocycles. The smallest absolute Gasteiger partial charge is 0.265 e. The fraction of sp³-hybridized carbons (Fsp3) is 0.360. The highest BCUT2D eigenvalue weighted by Crippen LogP contribution is 2.42. The van der Waals surface area contributed by atoms with E-state index in [1.807, 2.05) is 42.5 Å². The largest absolute Gasteiger partial charge is 0.350 e. The molecule has 5 heteroatoms. The molecule has 1 aliphatic heterocycles. The van der Waals surface area contributed by atoms with E-state index >= 15 is 0 Å². The Morgan fingerprint density at radius 3 is 2.67 bits per heavy atom. The van der Waals surface area contributed by atoms with Crippen LogP contribution in [0.5, 0.6) is 0 Å². The molecule has 30 heavy (non-hydrogen) atoms. The summed E-state index contributed by atoms with van der Waals surface area (Å²) in [6.07, 6.45) is 6.03. The first kappa shape index (κ1) is 20.7. The van der Waals surface area contributed by atoms with Crippen LogP contribution in [-0.2, 0) is 16.1 Å². The average molecular weight is 421 g/mol. The third-order valence-electron chi connectivity index (χ3n) is 6.12. The molecule has 2 aromatic rings. The van der Waals surface area contributed by atoms with Crippen LogP contribution < -0.4 is 10.2 Å². The highest BCUT2D eigenvalue weighted by atomic mass is 32.2. The third-order valence-corrected chi connectivity index (χ3v) is 7.20. The van der Waals surface area contributed by atoms with Crippen LogP contribution in [0.3, 0.4) is 0 Å². The van der Waals surface area contributed by atoms with Crippen molar-refractivity contribution < 1.29 is 9.59 Å². The van der Waals surface area contributed by atoms with E-state index in [0.29, 0.717) is 17.4 Å². The van der Waals surface area contributed by atoms with Crippen LogP contribution in [-0.4, -0.2) is 17.9 Å². The highest BCUT2D eigenvalue weighted by molar-refractivity contribution is 8.04. The summed E-state index contributed by atoms with van der Waals surface area (Å²) in [5, 5.41) is 3.13. The first-order valence-electron chi connectivity index (χ1n) is 10.7. The van der Waals surface area contributed by atoms with Gasteiger partial charge in [0.05, 0.1) is 17.1 Å². The van der Waals surface area contributed by atoms with Crippen molar-refractivity contribution in [2.24, 2.45) is 5.92 Å². The van der Waals surface area contributed by atoms with E-state index in [1.165, 1.54) is 24.3 Å². The topological polar surface area (TPSA) is 49.4 Å². The maximum absolute atomic E-state index is 13.4. The molecule has 1 saturated carbocycles. The number of nitrogens with one attached hydrogen (secondary N) is 1. The van der Waals surface area contributed by atoms with E-state index in [9.17, 15) is 9.59 Å². The van der Waals surface area contributed by atoms with Crippen LogP contribution in [0.1, 0.15) is 43.7 Å². The maximum Gasteiger partial charge on any atom is 0.265 e. The van der Waals surface area contributed by atoms with Gasteiger partial charge in [-0.2, -0.15) is 0 Å². The lowest BCUT2D eigenvalue weighted by Crippen LogP contribution is -2.41. The predicted molar refractivity (Wildman–Crippen MR) is 122 cm³/mol. The van der Waals surface area contributed by atoms with Crippen molar-refractivity contribution in [2.45, 2.75) is 57.0 Å². The van der Waals surface area contributed by atoms with Crippen molar-refractivity contribution >= 4 is 29.3 Å². The fourth-order valence-corrected chi connectivity index (χ4v) is 5.28. The lowest BCUT2D eigenvalue weighted by atomic mass is 9.86. The summed E-state index contributed by atoms with van der Waals surface area (Å²) in [7, 11) is 0. The van der Waals surface area contributed by atoms with Crippen molar-refractivity contribution in [2.75, 3.05) is 4.90 Å². The molecular weight excluding hydrogens is 392 g/mol. The van der Waals surface area contributed by atoms with Crippen LogP contribution in [0.4, 0.5) is 5.69 Å². The zero-order chi connectivity index (χ0) is 21.1. The summed E-state index contributed by atoms with van der Waals surface area (Å²) < 4.78 is 0. The summed E-state index contributed by atoms with van der Waals surface area (Å²) in [5.41, 5.74) is 3.15. The van der Waals surface area contributed by atoms with Crippen molar-refractivity contribution in [3.05, 3.63) is 70.6 Å². The van der Waals surface area contributed by atoms with Crippen molar-refractivity contribution in [3.63, 3.8) is 0 Å². The van der Waals surface area contributed by atoms with Crippen LogP contribution in [0.2, 0.25) is 0 Å². The SMILES string of the molecule is Cc1ccccc1CN1C(=O)/C(=C/C(=O)NC2CCCCC2C)Sc2ccccc21. The second-order valence-electron chi connectivity index (χ2n) is 8.27. The Morgan fingerprint density at radius 1 is 1.13 bits per heavy atom. The molecule has 2 unspecified atom stereocenters. The Kier molecular flexibility index (Phi) is 6.28. The molecule has 0 saturated heterocycles. The fourth-order valence-electron chi connectivity index (χ4n) is 4.25.